The van der Waals surface area contributed by atoms with Crippen LogP contribution in [-0.4, -0.2) is 111 Å². The van der Waals surface area contributed by atoms with E-state index in [4.69, 9.17) is 51.9 Å². The van der Waals surface area contributed by atoms with Crippen molar-refractivity contribution in [1.29, 1.82) is 0 Å². The molecule has 1 saturated heterocycles. The van der Waals surface area contributed by atoms with Crippen LogP contribution in [0.5, 0.6) is 23.1 Å². The first-order chi connectivity index (χ1) is 34.5. The molecule has 1 fully saturated rings. The Morgan fingerprint density at radius 3 is 2.40 bits per heavy atom. The van der Waals surface area contributed by atoms with Gasteiger partial charge in [0.05, 0.1) is 21.1 Å². The Kier molecular flexibility index (Phi) is 15.3. The lowest BCUT2D eigenvalue weighted by molar-refractivity contribution is -0.156. The van der Waals surface area contributed by atoms with Gasteiger partial charge in [-0.1, -0.05) is 41.4 Å². The number of aromatic nitrogens is 4. The summed E-state index contributed by atoms with van der Waals surface area (Å²) < 4.78 is 46.3. The van der Waals surface area contributed by atoms with Crippen molar-refractivity contribution in [2.24, 2.45) is 5.92 Å². The highest BCUT2D eigenvalue weighted by Gasteiger charge is 2.32. The van der Waals surface area contributed by atoms with Gasteiger partial charge in [-0.15, -0.1) is 11.3 Å². The van der Waals surface area contributed by atoms with Crippen molar-refractivity contribution in [3.05, 3.63) is 111 Å². The standard InChI is InChI=1S/C54H57Cl2FN6O8S/c1-30-43-31(2)47(56)48(46(30)55)69-39(26-63-21-19-62(6)20-22-63)28-67-38-15-16-40(68-27-37-17-18-58-50(61-37)34-9-7-32(8-10-34)23-42(64)71-54(3,4)5)35(24-38)25-41(53(65)66)70-51-45-44(43)49(72-52(45)60-29-59-51)33-11-13-36(57)14-12-33/h9,11-18,24,29,32,39,41H,7-8,10,19-23,25-28H2,1-6H3,(H,65,66)/t32-,39+,41+/m0/s1. The quantitative estimate of drug-likeness (QED) is 0.129. The number of halogens is 3. The summed E-state index contributed by atoms with van der Waals surface area (Å²) >= 11 is 16.0. The average Bonchev–Trinajstić information content (AvgIpc) is 3.73. The summed E-state index contributed by atoms with van der Waals surface area (Å²) in [5.41, 5.74) is 4.81. The van der Waals surface area contributed by atoms with Crippen LogP contribution < -0.4 is 18.9 Å². The molecule has 1 aliphatic carbocycles. The molecule has 14 nitrogen and oxygen atoms in total. The van der Waals surface area contributed by atoms with Gasteiger partial charge in [-0.2, -0.15) is 0 Å². The zero-order valence-corrected chi connectivity index (χ0v) is 43.4. The minimum absolute atomic E-state index is 0.0199. The lowest BCUT2D eigenvalue weighted by Crippen LogP contribution is -2.49. The van der Waals surface area contributed by atoms with Gasteiger partial charge in [0.2, 0.25) is 12.0 Å². The minimum Gasteiger partial charge on any atom is -0.490 e. The average molecular weight is 1040 g/mol. The van der Waals surface area contributed by atoms with Gasteiger partial charge in [0, 0.05) is 67.8 Å². The highest BCUT2D eigenvalue weighted by molar-refractivity contribution is 7.22. The van der Waals surface area contributed by atoms with Gasteiger partial charge < -0.3 is 33.7 Å². The maximum absolute atomic E-state index is 14.4. The van der Waals surface area contributed by atoms with Gasteiger partial charge in [-0.05, 0) is 131 Å². The van der Waals surface area contributed by atoms with E-state index >= 15 is 0 Å². The van der Waals surface area contributed by atoms with Crippen molar-refractivity contribution >= 4 is 62.3 Å². The van der Waals surface area contributed by atoms with Crippen LogP contribution in [0.1, 0.15) is 74.7 Å². The van der Waals surface area contributed by atoms with E-state index in [0.29, 0.717) is 113 Å². The van der Waals surface area contributed by atoms with Gasteiger partial charge in [0.25, 0.3) is 0 Å². The number of allylic oxidation sites excluding steroid dienone is 2. The molecule has 0 amide bonds. The van der Waals surface area contributed by atoms with Crippen molar-refractivity contribution in [2.45, 2.75) is 91.1 Å². The predicted octanol–water partition coefficient (Wildman–Crippen LogP) is 10.8. The van der Waals surface area contributed by atoms with Crippen molar-refractivity contribution < 1.29 is 42.8 Å². The van der Waals surface area contributed by atoms with E-state index in [0.717, 1.165) is 38.2 Å². The number of ether oxygens (including phenoxy) is 5. The molecule has 4 aliphatic rings. The van der Waals surface area contributed by atoms with Crippen molar-refractivity contribution in [3.63, 3.8) is 0 Å². The summed E-state index contributed by atoms with van der Waals surface area (Å²) in [6, 6.07) is 13.2. The van der Waals surface area contributed by atoms with E-state index in [1.165, 1.54) is 29.8 Å². The lowest BCUT2D eigenvalue weighted by Gasteiger charge is -2.35. The smallest absolute Gasteiger partial charge is 0.345 e. The highest BCUT2D eigenvalue weighted by atomic mass is 35.5. The van der Waals surface area contributed by atoms with Crippen LogP contribution in [0, 0.1) is 25.6 Å². The molecule has 18 heteroatoms. The molecule has 72 heavy (non-hydrogen) atoms. The van der Waals surface area contributed by atoms with Crippen LogP contribution in [0.2, 0.25) is 10.0 Å². The van der Waals surface area contributed by atoms with Crippen LogP contribution in [0.15, 0.2) is 67.1 Å². The number of hydrogen-bond acceptors (Lipinski definition) is 14. The first kappa shape index (κ1) is 51.0. The number of carbonyl (C=O) groups excluding carboxylic acids is 1. The molecule has 1 N–H and O–H groups in total. The number of piperazine rings is 1. The molecule has 3 aromatic carbocycles. The molecular formula is C54H57Cl2FN6O8S. The molecule has 3 aromatic heterocycles. The molecule has 378 valence electrons. The molecule has 0 saturated carbocycles. The third-order valence-corrected chi connectivity index (χ3v) is 15.2. The van der Waals surface area contributed by atoms with Crippen LogP contribution in [0.4, 0.5) is 4.39 Å². The second-order valence-corrected chi connectivity index (χ2v) is 21.4. The maximum atomic E-state index is 14.4. The summed E-state index contributed by atoms with van der Waals surface area (Å²) in [6.45, 7) is 13.5. The monoisotopic (exact) mass is 1040 g/mol. The van der Waals surface area contributed by atoms with Crippen LogP contribution in [0.25, 0.3) is 37.4 Å². The predicted molar refractivity (Wildman–Crippen MR) is 276 cm³/mol. The summed E-state index contributed by atoms with van der Waals surface area (Å²) in [5.74, 6) is 0.0902. The molecule has 10 rings (SSSR count). The molecular weight excluding hydrogens is 983 g/mol. The number of carboxylic acids is 1. The number of benzene rings is 3. The summed E-state index contributed by atoms with van der Waals surface area (Å²) in [6.07, 6.45) is 5.52. The number of carboxylic acid groups (broad SMARTS) is 1. The maximum Gasteiger partial charge on any atom is 0.345 e. The fourth-order valence-corrected chi connectivity index (χ4v) is 11.1. The molecule has 3 atom stereocenters. The van der Waals surface area contributed by atoms with E-state index < -0.39 is 29.6 Å². The number of thiophene rings is 1. The molecule has 0 radical (unpaired) electrons. The van der Waals surface area contributed by atoms with Gasteiger partial charge in [0.15, 0.2) is 11.6 Å². The number of hydrogen-bond donors (Lipinski definition) is 1. The van der Waals surface area contributed by atoms with Crippen molar-refractivity contribution in [3.8, 4) is 44.7 Å². The summed E-state index contributed by atoms with van der Waals surface area (Å²) in [4.78, 5) is 50.3. The van der Waals surface area contributed by atoms with E-state index in [1.807, 2.05) is 34.6 Å². The number of aliphatic carboxylic acids is 1. The fourth-order valence-electron chi connectivity index (χ4n) is 9.39. The number of rotatable bonds is 10. The van der Waals surface area contributed by atoms with Crippen LogP contribution in [0.3, 0.4) is 0 Å². The Bertz CT molecular complexity index is 3000. The van der Waals surface area contributed by atoms with E-state index in [2.05, 4.69) is 37.9 Å². The highest BCUT2D eigenvalue weighted by Crippen LogP contribution is 2.53. The lowest BCUT2D eigenvalue weighted by atomic mass is 9.87. The van der Waals surface area contributed by atoms with Gasteiger partial charge >= 0.3 is 11.9 Å². The molecule has 6 aromatic rings. The Balaban J connectivity index is 1.08. The fraction of sp³-hybridized carbons (Fsp3) is 0.407. The van der Waals surface area contributed by atoms with E-state index in [9.17, 15) is 19.1 Å². The second-order valence-electron chi connectivity index (χ2n) is 19.6. The Labute approximate surface area is 432 Å². The third kappa shape index (κ3) is 11.6. The zero-order chi connectivity index (χ0) is 50.8. The number of esters is 1. The van der Waals surface area contributed by atoms with Crippen LogP contribution in [-0.2, 0) is 27.4 Å². The summed E-state index contributed by atoms with van der Waals surface area (Å²) in [7, 11) is 2.10. The van der Waals surface area contributed by atoms with Crippen molar-refractivity contribution in [2.75, 3.05) is 46.4 Å². The normalized spacial score (nSPS) is 18.9. The third-order valence-electron chi connectivity index (χ3n) is 13.1. The van der Waals surface area contributed by atoms with Crippen LogP contribution >= 0.6 is 34.5 Å². The van der Waals surface area contributed by atoms with E-state index in [-0.39, 0.29) is 37.4 Å². The first-order valence-corrected chi connectivity index (χ1v) is 25.7. The largest absolute Gasteiger partial charge is 0.490 e. The Morgan fingerprint density at radius 2 is 1.71 bits per heavy atom. The van der Waals surface area contributed by atoms with Gasteiger partial charge in [0.1, 0.15) is 53.4 Å². The molecule has 0 unspecified atom stereocenters. The topological polar surface area (TPSA) is 159 Å². The number of carbonyl (C=O) groups is 2. The summed E-state index contributed by atoms with van der Waals surface area (Å²) in [5, 5.41) is 12.0. The zero-order valence-electron chi connectivity index (χ0n) is 41.1. The van der Waals surface area contributed by atoms with E-state index in [1.54, 1.807) is 42.6 Å². The minimum atomic E-state index is -1.48. The SMILES string of the molecule is Cc1c(Cl)c2c(Cl)c(C)c1-c1c(-c3ccc(F)cc3)sc3ncnc(c13)O[C@@H](C(=O)O)Cc1cc(ccc1OCc1ccnc(C3=CC[C@H](CC(=O)OC(C)(C)C)CC3)n1)OC[C@@H](CN1CCN(C)CC1)O2. The number of fused-ring (bicyclic) bond motifs is 7. The van der Waals surface area contributed by atoms with Gasteiger partial charge in [-0.25, -0.2) is 29.1 Å². The van der Waals surface area contributed by atoms with Crippen molar-refractivity contribution in [1.82, 2.24) is 29.7 Å². The van der Waals surface area contributed by atoms with Gasteiger partial charge in [-0.3, -0.25) is 9.69 Å². The Morgan fingerprint density at radius 1 is 0.958 bits per heavy atom. The first-order valence-electron chi connectivity index (χ1n) is 24.1. The second kappa shape index (κ2) is 21.7. The Hall–Kier alpha value is -5.91. The molecule has 4 bridgehead atoms. The number of nitrogens with zero attached hydrogens (tertiary/aromatic N) is 6. The number of likely N-dealkylation sites (N-methyl/N-ethyl adjacent to an activating group) is 1. The molecule has 3 aliphatic heterocycles. The molecule has 6 heterocycles. The molecule has 0 spiro atoms.